The van der Waals surface area contributed by atoms with Crippen LogP contribution in [0, 0.1) is 11.3 Å². The number of nitrogens with one attached hydrogen (secondary N) is 1. The average molecular weight is 432 g/mol. The first-order chi connectivity index (χ1) is 13.5. The van der Waals surface area contributed by atoms with Crippen molar-refractivity contribution in [1.29, 1.82) is 5.26 Å². The minimum Gasteiger partial charge on any atom is -0.456 e. The smallest absolute Gasteiger partial charge is 0.263 e. The molecule has 0 aliphatic heterocycles. The van der Waals surface area contributed by atoms with Gasteiger partial charge in [0.2, 0.25) is 0 Å². The van der Waals surface area contributed by atoms with Crippen LogP contribution in [0.5, 0.6) is 11.5 Å². The molecule has 1 aliphatic rings. The Labute approximate surface area is 171 Å². The van der Waals surface area contributed by atoms with E-state index in [-0.39, 0.29) is 15.6 Å². The van der Waals surface area contributed by atoms with Crippen LogP contribution in [0.2, 0.25) is 4.34 Å². The molecule has 0 saturated heterocycles. The second kappa shape index (κ2) is 7.43. The fourth-order valence-electron chi connectivity index (χ4n) is 2.75. The van der Waals surface area contributed by atoms with Crippen LogP contribution < -0.4 is 9.46 Å². The van der Waals surface area contributed by atoms with Crippen LogP contribution in [0.1, 0.15) is 29.9 Å². The van der Waals surface area contributed by atoms with Gasteiger partial charge in [0.25, 0.3) is 10.0 Å². The molecule has 9 heteroatoms. The molecule has 0 amide bonds. The number of hydrogen-bond donors (Lipinski definition) is 1. The van der Waals surface area contributed by atoms with Crippen molar-refractivity contribution in [2.24, 2.45) is 0 Å². The highest BCUT2D eigenvalue weighted by molar-refractivity contribution is 7.93. The maximum atomic E-state index is 12.6. The molecule has 142 valence electrons. The Hall–Kier alpha value is -2.60. The Morgan fingerprint density at radius 3 is 2.68 bits per heavy atom. The zero-order valence-corrected chi connectivity index (χ0v) is 16.8. The van der Waals surface area contributed by atoms with E-state index in [0.29, 0.717) is 21.8 Å². The standard InChI is InChI=1S/C19H14ClN3O3S2/c20-18-11-22-19(27-18)23-28(24,25)14-7-8-16(13(9-14)10-21)26-17-4-2-1-3-15(17)12-5-6-12/h1-4,7-9,11-12H,5-6H2,(H,22,23). The van der Waals surface area contributed by atoms with Crippen molar-refractivity contribution < 1.29 is 13.2 Å². The average Bonchev–Trinajstić information content (AvgIpc) is 3.44. The molecule has 1 fully saturated rings. The Bertz CT molecular complexity index is 1180. The van der Waals surface area contributed by atoms with Gasteiger partial charge in [0, 0.05) is 0 Å². The number of halogens is 1. The van der Waals surface area contributed by atoms with Gasteiger partial charge < -0.3 is 4.74 Å². The van der Waals surface area contributed by atoms with Crippen LogP contribution in [0.15, 0.2) is 53.6 Å². The molecule has 0 bridgehead atoms. The van der Waals surface area contributed by atoms with E-state index in [0.717, 1.165) is 29.7 Å². The highest BCUT2D eigenvalue weighted by Gasteiger charge is 2.27. The number of nitrogens with zero attached hydrogens (tertiary/aromatic N) is 2. The summed E-state index contributed by atoms with van der Waals surface area (Å²) in [7, 11) is -3.90. The number of rotatable bonds is 6. The summed E-state index contributed by atoms with van der Waals surface area (Å²) in [5, 5.41) is 9.65. The Kier molecular flexibility index (Phi) is 4.98. The highest BCUT2D eigenvalue weighted by Crippen LogP contribution is 2.45. The maximum absolute atomic E-state index is 12.6. The normalized spacial score (nSPS) is 13.7. The van der Waals surface area contributed by atoms with Crippen LogP contribution in [-0.2, 0) is 10.0 Å². The minimum atomic E-state index is -3.90. The molecule has 28 heavy (non-hydrogen) atoms. The molecule has 0 unspecified atom stereocenters. The van der Waals surface area contributed by atoms with Gasteiger partial charge >= 0.3 is 0 Å². The SMILES string of the molecule is N#Cc1cc(S(=O)(=O)Nc2ncc(Cl)s2)ccc1Oc1ccccc1C1CC1. The maximum Gasteiger partial charge on any atom is 0.263 e. The fourth-order valence-corrected chi connectivity index (χ4v) is 4.83. The summed E-state index contributed by atoms with van der Waals surface area (Å²) in [5.74, 6) is 1.48. The van der Waals surface area contributed by atoms with E-state index in [1.165, 1.54) is 24.4 Å². The summed E-state index contributed by atoms with van der Waals surface area (Å²) in [5.41, 5.74) is 1.23. The monoisotopic (exact) mass is 431 g/mol. The number of aromatic nitrogens is 1. The lowest BCUT2D eigenvalue weighted by molar-refractivity contribution is 0.474. The van der Waals surface area contributed by atoms with Gasteiger partial charge in [0.1, 0.15) is 21.9 Å². The summed E-state index contributed by atoms with van der Waals surface area (Å²) in [6.07, 6.45) is 3.60. The Balaban J connectivity index is 1.62. The highest BCUT2D eigenvalue weighted by atomic mass is 35.5. The first kappa shape index (κ1) is 18.7. The second-order valence-corrected chi connectivity index (χ2v) is 9.60. The molecule has 3 aromatic rings. The van der Waals surface area contributed by atoms with E-state index in [1.807, 2.05) is 30.3 Å². The van der Waals surface area contributed by atoms with Gasteiger partial charge in [-0.1, -0.05) is 41.1 Å². The summed E-state index contributed by atoms with van der Waals surface area (Å²) in [6, 6.07) is 13.9. The van der Waals surface area contributed by atoms with Gasteiger partial charge in [-0.2, -0.15) is 5.26 Å². The third kappa shape index (κ3) is 3.97. The molecule has 1 aromatic heterocycles. The van der Waals surface area contributed by atoms with Gasteiger partial charge in [-0.05, 0) is 48.6 Å². The van der Waals surface area contributed by atoms with E-state index in [2.05, 4.69) is 9.71 Å². The van der Waals surface area contributed by atoms with Gasteiger partial charge in [-0.25, -0.2) is 13.4 Å². The van der Waals surface area contributed by atoms with Gasteiger partial charge in [0.05, 0.1) is 16.7 Å². The van der Waals surface area contributed by atoms with Crippen LogP contribution in [-0.4, -0.2) is 13.4 Å². The lowest BCUT2D eigenvalue weighted by Crippen LogP contribution is -2.13. The molecule has 0 spiro atoms. The Morgan fingerprint density at radius 1 is 1.21 bits per heavy atom. The quantitative estimate of drug-likeness (QED) is 0.583. The van der Waals surface area contributed by atoms with Crippen LogP contribution in [0.3, 0.4) is 0 Å². The topological polar surface area (TPSA) is 92.1 Å². The largest absolute Gasteiger partial charge is 0.456 e. The molecule has 1 aliphatic carbocycles. The molecule has 6 nitrogen and oxygen atoms in total. The number of anilines is 1. The fraction of sp³-hybridized carbons (Fsp3) is 0.158. The predicted octanol–water partition coefficient (Wildman–Crippen LogP) is 5.14. The second-order valence-electron chi connectivity index (χ2n) is 6.26. The lowest BCUT2D eigenvalue weighted by Gasteiger charge is -2.13. The van der Waals surface area contributed by atoms with Crippen molar-refractivity contribution in [2.75, 3.05) is 4.72 Å². The van der Waals surface area contributed by atoms with E-state index in [1.54, 1.807) is 0 Å². The number of nitriles is 1. The zero-order valence-electron chi connectivity index (χ0n) is 14.4. The molecular weight excluding hydrogens is 418 g/mol. The van der Waals surface area contributed by atoms with E-state index in [4.69, 9.17) is 16.3 Å². The van der Waals surface area contributed by atoms with E-state index >= 15 is 0 Å². The Morgan fingerprint density at radius 2 is 2.00 bits per heavy atom. The molecule has 1 heterocycles. The van der Waals surface area contributed by atoms with Crippen molar-refractivity contribution in [3.63, 3.8) is 0 Å². The third-order valence-corrected chi connectivity index (χ3v) is 6.73. The van der Waals surface area contributed by atoms with Crippen molar-refractivity contribution >= 4 is 38.1 Å². The zero-order chi connectivity index (χ0) is 19.7. The molecule has 4 rings (SSSR count). The van der Waals surface area contributed by atoms with Crippen molar-refractivity contribution in [3.05, 3.63) is 64.1 Å². The number of hydrogen-bond acceptors (Lipinski definition) is 6. The molecular formula is C19H14ClN3O3S2. The molecule has 0 radical (unpaired) electrons. The molecule has 0 atom stereocenters. The number of ether oxygens (including phenoxy) is 1. The summed E-state index contributed by atoms with van der Waals surface area (Å²) in [4.78, 5) is 3.82. The number of para-hydroxylation sites is 1. The first-order valence-electron chi connectivity index (χ1n) is 8.41. The summed E-state index contributed by atoms with van der Waals surface area (Å²) in [6.45, 7) is 0. The van der Waals surface area contributed by atoms with Crippen molar-refractivity contribution in [2.45, 2.75) is 23.7 Å². The van der Waals surface area contributed by atoms with Crippen LogP contribution in [0.4, 0.5) is 5.13 Å². The van der Waals surface area contributed by atoms with Gasteiger partial charge in [-0.15, -0.1) is 0 Å². The summed E-state index contributed by atoms with van der Waals surface area (Å²) < 4.78 is 33.8. The summed E-state index contributed by atoms with van der Waals surface area (Å²) >= 11 is 6.79. The van der Waals surface area contributed by atoms with E-state index < -0.39 is 10.0 Å². The molecule has 1 N–H and O–H groups in total. The third-order valence-electron chi connectivity index (χ3n) is 4.24. The number of benzene rings is 2. The van der Waals surface area contributed by atoms with E-state index in [9.17, 15) is 13.7 Å². The lowest BCUT2D eigenvalue weighted by atomic mass is 10.1. The number of sulfonamides is 1. The molecule has 2 aromatic carbocycles. The van der Waals surface area contributed by atoms with Gasteiger partial charge in [0.15, 0.2) is 5.13 Å². The first-order valence-corrected chi connectivity index (χ1v) is 11.1. The van der Waals surface area contributed by atoms with Crippen molar-refractivity contribution in [3.8, 4) is 17.6 Å². The van der Waals surface area contributed by atoms with Crippen LogP contribution in [0.25, 0.3) is 0 Å². The van der Waals surface area contributed by atoms with Gasteiger partial charge in [-0.3, -0.25) is 4.72 Å². The molecule has 1 saturated carbocycles. The van der Waals surface area contributed by atoms with Crippen molar-refractivity contribution in [1.82, 2.24) is 4.98 Å². The predicted molar refractivity (Wildman–Crippen MR) is 108 cm³/mol. The number of thiazole rings is 1. The van der Waals surface area contributed by atoms with Crippen LogP contribution >= 0.6 is 22.9 Å². The minimum absolute atomic E-state index is 0.0572.